The smallest absolute Gasteiger partial charge is 0.272 e. The van der Waals surface area contributed by atoms with Crippen molar-refractivity contribution in [2.24, 2.45) is 7.05 Å². The van der Waals surface area contributed by atoms with E-state index in [-0.39, 0.29) is 24.1 Å². The molecule has 0 spiro atoms. The lowest BCUT2D eigenvalue weighted by Gasteiger charge is -2.05. The molecule has 140 valence electrons. The third-order valence-corrected chi connectivity index (χ3v) is 4.27. The zero-order valence-corrected chi connectivity index (χ0v) is 15.6. The summed E-state index contributed by atoms with van der Waals surface area (Å²) in [7, 11) is 1.76. The maximum atomic E-state index is 12.1. The summed E-state index contributed by atoms with van der Waals surface area (Å²) in [6.07, 6.45) is 3.34. The monoisotopic (exact) mass is 366 g/mol. The number of rotatable bonds is 6. The molecule has 8 heteroatoms. The van der Waals surface area contributed by atoms with Gasteiger partial charge in [-0.3, -0.25) is 19.0 Å². The highest BCUT2D eigenvalue weighted by Gasteiger charge is 2.13. The van der Waals surface area contributed by atoms with E-state index < -0.39 is 0 Å². The van der Waals surface area contributed by atoms with E-state index in [1.165, 1.54) is 5.56 Å². The van der Waals surface area contributed by atoms with E-state index in [1.807, 2.05) is 38.1 Å². The summed E-state index contributed by atoms with van der Waals surface area (Å²) in [5, 5.41) is 13.6. The number of amides is 2. The molecular formula is C19H22N6O2. The van der Waals surface area contributed by atoms with Gasteiger partial charge < -0.3 is 10.6 Å². The summed E-state index contributed by atoms with van der Waals surface area (Å²) >= 11 is 0. The number of anilines is 1. The predicted octanol–water partition coefficient (Wildman–Crippen LogP) is 1.65. The second kappa shape index (κ2) is 7.86. The maximum absolute atomic E-state index is 12.1. The van der Waals surface area contributed by atoms with E-state index in [9.17, 15) is 9.59 Å². The first-order chi connectivity index (χ1) is 12.9. The van der Waals surface area contributed by atoms with E-state index in [0.29, 0.717) is 12.2 Å². The Labute approximate surface area is 157 Å². The number of carbonyl (C=O) groups excluding carboxylic acids is 2. The summed E-state index contributed by atoms with van der Waals surface area (Å²) in [6, 6.07) is 9.74. The molecule has 1 aromatic carbocycles. The van der Waals surface area contributed by atoms with Gasteiger partial charge in [0.15, 0.2) is 0 Å². The van der Waals surface area contributed by atoms with Gasteiger partial charge in [0.25, 0.3) is 5.91 Å². The lowest BCUT2D eigenvalue weighted by atomic mass is 10.1. The molecule has 0 radical (unpaired) electrons. The van der Waals surface area contributed by atoms with Crippen molar-refractivity contribution >= 4 is 17.5 Å². The minimum atomic E-state index is -0.385. The van der Waals surface area contributed by atoms with Gasteiger partial charge in [0.1, 0.15) is 5.69 Å². The van der Waals surface area contributed by atoms with Gasteiger partial charge in [-0.05, 0) is 31.0 Å². The van der Waals surface area contributed by atoms with Gasteiger partial charge in [0.2, 0.25) is 5.91 Å². The summed E-state index contributed by atoms with van der Waals surface area (Å²) in [5.74, 6) is -0.712. The van der Waals surface area contributed by atoms with Crippen LogP contribution in [-0.4, -0.2) is 37.9 Å². The Balaban J connectivity index is 1.52. The number of hydrogen-bond donors (Lipinski definition) is 2. The minimum absolute atomic E-state index is 0.141. The Morgan fingerprint density at radius 3 is 2.67 bits per heavy atom. The number of benzene rings is 1. The molecule has 0 aliphatic heterocycles. The second-order valence-corrected chi connectivity index (χ2v) is 6.38. The third-order valence-electron chi connectivity index (χ3n) is 4.27. The highest BCUT2D eigenvalue weighted by molar-refractivity contribution is 5.98. The normalized spacial score (nSPS) is 10.6. The van der Waals surface area contributed by atoms with Crippen LogP contribution in [-0.2, 0) is 18.4 Å². The molecule has 0 saturated carbocycles. The Bertz CT molecular complexity index is 953. The van der Waals surface area contributed by atoms with E-state index in [0.717, 1.165) is 11.3 Å². The van der Waals surface area contributed by atoms with Gasteiger partial charge in [-0.15, -0.1) is 0 Å². The lowest BCUT2D eigenvalue weighted by Crippen LogP contribution is -2.33. The zero-order chi connectivity index (χ0) is 19.4. The van der Waals surface area contributed by atoms with Crippen LogP contribution in [0.1, 0.15) is 27.3 Å². The number of hydrogen-bond acceptors (Lipinski definition) is 4. The Morgan fingerprint density at radius 1 is 1.19 bits per heavy atom. The summed E-state index contributed by atoms with van der Waals surface area (Å²) in [4.78, 5) is 24.1. The molecule has 8 nitrogen and oxygen atoms in total. The van der Waals surface area contributed by atoms with Gasteiger partial charge in [0.05, 0.1) is 25.0 Å². The van der Waals surface area contributed by atoms with Crippen LogP contribution in [0.3, 0.4) is 0 Å². The van der Waals surface area contributed by atoms with E-state index in [1.54, 1.807) is 34.9 Å². The SMILES string of the molecule is Cc1ccccc1Cn1cc(NC(=O)CNC(=O)c2cc(C)n(C)n2)cn1. The molecule has 3 aromatic rings. The van der Waals surface area contributed by atoms with Crippen LogP contribution in [0, 0.1) is 13.8 Å². The first-order valence-corrected chi connectivity index (χ1v) is 8.58. The molecule has 0 saturated heterocycles. The van der Waals surface area contributed by atoms with Gasteiger partial charge in [-0.1, -0.05) is 24.3 Å². The minimum Gasteiger partial charge on any atom is -0.342 e. The predicted molar refractivity (Wildman–Crippen MR) is 101 cm³/mol. The highest BCUT2D eigenvalue weighted by atomic mass is 16.2. The highest BCUT2D eigenvalue weighted by Crippen LogP contribution is 2.11. The summed E-state index contributed by atoms with van der Waals surface area (Å²) in [5.41, 5.74) is 4.08. The van der Waals surface area contributed by atoms with Gasteiger partial charge in [-0.25, -0.2) is 0 Å². The standard InChI is InChI=1S/C19H22N6O2/c1-13-6-4-5-7-15(13)11-25-12-16(9-21-25)22-18(26)10-20-19(27)17-8-14(2)24(3)23-17/h4-9,12H,10-11H2,1-3H3,(H,20,27)(H,22,26). The van der Waals surface area contributed by atoms with Crippen LogP contribution in [0.2, 0.25) is 0 Å². The van der Waals surface area contributed by atoms with Gasteiger partial charge in [-0.2, -0.15) is 10.2 Å². The number of aromatic nitrogens is 4. The molecule has 0 bridgehead atoms. The number of nitrogens with one attached hydrogen (secondary N) is 2. The van der Waals surface area contributed by atoms with Gasteiger partial charge in [0, 0.05) is 18.9 Å². The van der Waals surface area contributed by atoms with Crippen molar-refractivity contribution in [3.8, 4) is 0 Å². The Morgan fingerprint density at radius 2 is 1.96 bits per heavy atom. The molecule has 0 atom stereocenters. The maximum Gasteiger partial charge on any atom is 0.272 e. The fourth-order valence-electron chi connectivity index (χ4n) is 2.60. The first-order valence-electron chi connectivity index (χ1n) is 8.58. The quantitative estimate of drug-likeness (QED) is 0.694. The molecule has 3 rings (SSSR count). The van der Waals surface area contributed by atoms with Crippen molar-refractivity contribution in [3.05, 3.63) is 65.2 Å². The topological polar surface area (TPSA) is 93.8 Å². The third kappa shape index (κ3) is 4.60. The average molecular weight is 366 g/mol. The van der Waals surface area contributed by atoms with Crippen molar-refractivity contribution in [1.29, 1.82) is 0 Å². The number of carbonyl (C=O) groups is 2. The van der Waals surface area contributed by atoms with Crippen LogP contribution >= 0.6 is 0 Å². The van der Waals surface area contributed by atoms with Crippen molar-refractivity contribution < 1.29 is 9.59 Å². The van der Waals surface area contributed by atoms with Crippen molar-refractivity contribution in [3.63, 3.8) is 0 Å². The molecule has 0 fully saturated rings. The average Bonchev–Trinajstić information content (AvgIpc) is 3.21. The summed E-state index contributed by atoms with van der Waals surface area (Å²) in [6.45, 7) is 4.38. The van der Waals surface area contributed by atoms with Crippen LogP contribution in [0.5, 0.6) is 0 Å². The van der Waals surface area contributed by atoms with Crippen molar-refractivity contribution in [1.82, 2.24) is 24.9 Å². The lowest BCUT2D eigenvalue weighted by molar-refractivity contribution is -0.115. The molecule has 0 aliphatic carbocycles. The van der Waals surface area contributed by atoms with Crippen molar-refractivity contribution in [2.75, 3.05) is 11.9 Å². The molecule has 2 aromatic heterocycles. The second-order valence-electron chi connectivity index (χ2n) is 6.38. The molecule has 27 heavy (non-hydrogen) atoms. The van der Waals surface area contributed by atoms with Gasteiger partial charge >= 0.3 is 0 Å². The fraction of sp³-hybridized carbons (Fsp3) is 0.263. The largest absolute Gasteiger partial charge is 0.342 e. The number of aryl methyl sites for hydroxylation is 3. The fourth-order valence-corrected chi connectivity index (χ4v) is 2.60. The van der Waals surface area contributed by atoms with Crippen LogP contribution in [0.15, 0.2) is 42.7 Å². The molecule has 0 aliphatic rings. The van der Waals surface area contributed by atoms with E-state index in [4.69, 9.17) is 0 Å². The Hall–Kier alpha value is -3.42. The molecular weight excluding hydrogens is 344 g/mol. The van der Waals surface area contributed by atoms with E-state index >= 15 is 0 Å². The molecule has 2 heterocycles. The molecule has 2 N–H and O–H groups in total. The number of nitrogens with zero attached hydrogens (tertiary/aromatic N) is 4. The van der Waals surface area contributed by atoms with Crippen LogP contribution in [0.25, 0.3) is 0 Å². The first kappa shape index (κ1) is 18.4. The van der Waals surface area contributed by atoms with E-state index in [2.05, 4.69) is 20.8 Å². The molecule has 2 amide bonds. The van der Waals surface area contributed by atoms with Crippen molar-refractivity contribution in [2.45, 2.75) is 20.4 Å². The zero-order valence-electron chi connectivity index (χ0n) is 15.6. The van der Waals surface area contributed by atoms with Crippen LogP contribution < -0.4 is 10.6 Å². The van der Waals surface area contributed by atoms with Crippen LogP contribution in [0.4, 0.5) is 5.69 Å². The molecule has 0 unspecified atom stereocenters. The Kier molecular flexibility index (Phi) is 5.35. The summed E-state index contributed by atoms with van der Waals surface area (Å²) < 4.78 is 3.37.